The van der Waals surface area contributed by atoms with Crippen molar-refractivity contribution in [3.63, 3.8) is 0 Å². The average Bonchev–Trinajstić information content (AvgIpc) is 2.30. The Bertz CT molecular complexity index is 431. The maximum absolute atomic E-state index is 12.7. The maximum atomic E-state index is 12.7. The molecule has 4 N–H and O–H groups in total. The highest BCUT2D eigenvalue weighted by Crippen LogP contribution is 2.06. The summed E-state index contributed by atoms with van der Waals surface area (Å²) in [5.74, 6) is -2.09. The number of nitrogens with one attached hydrogen (secondary N) is 1. The van der Waals surface area contributed by atoms with E-state index in [2.05, 4.69) is 5.32 Å². The molecule has 0 fully saturated rings. The number of carbonyl (C=O) groups excluding carboxylic acids is 1. The van der Waals surface area contributed by atoms with E-state index in [-0.39, 0.29) is 6.42 Å². The second kappa shape index (κ2) is 6.11. The number of aliphatic carboxylic acids is 1. The summed E-state index contributed by atoms with van der Waals surface area (Å²) in [6.07, 6.45) is 0.0775. The molecule has 0 saturated heterocycles. The highest BCUT2D eigenvalue weighted by atomic mass is 19.1. The molecule has 1 amide bonds. The van der Waals surface area contributed by atoms with Gasteiger partial charge in [0.05, 0.1) is 6.04 Å². The predicted molar refractivity (Wildman–Crippen MR) is 63.3 cm³/mol. The van der Waals surface area contributed by atoms with Gasteiger partial charge in [0.1, 0.15) is 11.9 Å². The fraction of sp³-hybridized carbons (Fsp3) is 0.333. The van der Waals surface area contributed by atoms with Crippen LogP contribution in [0.25, 0.3) is 0 Å². The number of nitrogens with two attached hydrogens (primary N) is 1. The van der Waals surface area contributed by atoms with E-state index in [9.17, 15) is 14.0 Å². The van der Waals surface area contributed by atoms with E-state index in [4.69, 9.17) is 10.8 Å². The molecule has 6 heteroatoms. The number of rotatable bonds is 5. The number of carboxylic acids is 1. The molecule has 0 aliphatic carbocycles. The van der Waals surface area contributed by atoms with Crippen molar-refractivity contribution in [2.24, 2.45) is 5.73 Å². The first-order valence-corrected chi connectivity index (χ1v) is 5.43. The van der Waals surface area contributed by atoms with Gasteiger partial charge in [-0.15, -0.1) is 0 Å². The third-order valence-electron chi connectivity index (χ3n) is 2.38. The zero-order valence-electron chi connectivity index (χ0n) is 9.89. The first kappa shape index (κ1) is 14.1. The van der Waals surface area contributed by atoms with Crippen molar-refractivity contribution in [2.45, 2.75) is 25.4 Å². The van der Waals surface area contributed by atoms with Gasteiger partial charge < -0.3 is 16.2 Å². The van der Waals surface area contributed by atoms with Crippen LogP contribution in [0.1, 0.15) is 12.5 Å². The zero-order chi connectivity index (χ0) is 13.7. The van der Waals surface area contributed by atoms with E-state index >= 15 is 0 Å². The van der Waals surface area contributed by atoms with E-state index in [0.717, 1.165) is 0 Å². The van der Waals surface area contributed by atoms with E-state index < -0.39 is 29.8 Å². The predicted octanol–water partition coefficient (Wildman–Crippen LogP) is 0.285. The minimum Gasteiger partial charge on any atom is -0.480 e. The Morgan fingerprint density at radius 2 is 1.94 bits per heavy atom. The molecule has 1 aromatic carbocycles. The van der Waals surface area contributed by atoms with Crippen LogP contribution in [0.15, 0.2) is 24.3 Å². The highest BCUT2D eigenvalue weighted by Gasteiger charge is 2.21. The summed E-state index contributed by atoms with van der Waals surface area (Å²) in [6.45, 7) is 1.46. The molecule has 0 saturated carbocycles. The summed E-state index contributed by atoms with van der Waals surface area (Å²) < 4.78 is 12.7. The van der Waals surface area contributed by atoms with Crippen LogP contribution in [0.5, 0.6) is 0 Å². The van der Waals surface area contributed by atoms with Crippen LogP contribution in [0, 0.1) is 5.82 Å². The van der Waals surface area contributed by atoms with Crippen molar-refractivity contribution < 1.29 is 19.1 Å². The standard InChI is InChI=1S/C12H15FN2O3/c1-7(14)11(16)15-10(12(17)18)6-8-2-4-9(13)5-3-8/h2-5,7,10H,6,14H2,1H3,(H,15,16)(H,17,18)/t7-,10+/m1/s1. The monoisotopic (exact) mass is 254 g/mol. The van der Waals surface area contributed by atoms with Gasteiger partial charge in [-0.1, -0.05) is 12.1 Å². The summed E-state index contributed by atoms with van der Waals surface area (Å²) in [5.41, 5.74) is 5.96. The van der Waals surface area contributed by atoms with Crippen molar-refractivity contribution >= 4 is 11.9 Å². The Hall–Kier alpha value is -1.95. The second-order valence-corrected chi connectivity index (χ2v) is 4.02. The van der Waals surface area contributed by atoms with Gasteiger partial charge in [0.15, 0.2) is 0 Å². The number of hydrogen-bond acceptors (Lipinski definition) is 3. The Morgan fingerprint density at radius 1 is 1.39 bits per heavy atom. The summed E-state index contributed by atoms with van der Waals surface area (Å²) in [6, 6.07) is 3.57. The molecule has 0 spiro atoms. The largest absolute Gasteiger partial charge is 0.480 e. The number of hydrogen-bond donors (Lipinski definition) is 3. The van der Waals surface area contributed by atoms with Crippen LogP contribution in [-0.4, -0.2) is 29.1 Å². The molecule has 98 valence electrons. The molecule has 0 aromatic heterocycles. The minimum absolute atomic E-state index is 0.0775. The van der Waals surface area contributed by atoms with Gasteiger partial charge in [-0.25, -0.2) is 9.18 Å². The second-order valence-electron chi connectivity index (χ2n) is 4.02. The lowest BCUT2D eigenvalue weighted by atomic mass is 10.1. The Labute approximate surface area is 104 Å². The summed E-state index contributed by atoms with van der Waals surface area (Å²) >= 11 is 0. The lowest BCUT2D eigenvalue weighted by Gasteiger charge is -2.16. The smallest absolute Gasteiger partial charge is 0.326 e. The average molecular weight is 254 g/mol. The molecule has 0 unspecified atom stereocenters. The molecular weight excluding hydrogens is 239 g/mol. The molecule has 0 bridgehead atoms. The van der Waals surface area contributed by atoms with Crippen LogP contribution >= 0.6 is 0 Å². The summed E-state index contributed by atoms with van der Waals surface area (Å²) in [5, 5.41) is 11.3. The number of carboxylic acid groups (broad SMARTS) is 1. The van der Waals surface area contributed by atoms with E-state index in [0.29, 0.717) is 5.56 Å². The molecule has 1 aromatic rings. The van der Waals surface area contributed by atoms with Crippen LogP contribution < -0.4 is 11.1 Å². The van der Waals surface area contributed by atoms with Crippen LogP contribution in [-0.2, 0) is 16.0 Å². The number of benzene rings is 1. The Balaban J connectivity index is 2.72. The van der Waals surface area contributed by atoms with E-state index in [1.54, 1.807) is 0 Å². The van der Waals surface area contributed by atoms with Crippen LogP contribution in [0.4, 0.5) is 4.39 Å². The van der Waals surface area contributed by atoms with E-state index in [1.807, 2.05) is 0 Å². The molecule has 0 aliphatic rings. The third-order valence-corrected chi connectivity index (χ3v) is 2.38. The number of amides is 1. The van der Waals surface area contributed by atoms with Crippen molar-refractivity contribution in [2.75, 3.05) is 0 Å². The normalized spacial score (nSPS) is 13.7. The fourth-order valence-corrected chi connectivity index (χ4v) is 1.36. The Kier molecular flexibility index (Phi) is 4.79. The fourth-order valence-electron chi connectivity index (χ4n) is 1.36. The maximum Gasteiger partial charge on any atom is 0.326 e. The summed E-state index contributed by atoms with van der Waals surface area (Å²) in [7, 11) is 0. The quantitative estimate of drug-likeness (QED) is 0.704. The molecule has 0 heterocycles. The first-order chi connectivity index (χ1) is 8.40. The molecule has 2 atom stereocenters. The van der Waals surface area contributed by atoms with Crippen molar-refractivity contribution in [3.8, 4) is 0 Å². The third kappa shape index (κ3) is 4.14. The van der Waals surface area contributed by atoms with Crippen molar-refractivity contribution in [1.29, 1.82) is 0 Å². The molecular formula is C12H15FN2O3. The number of carbonyl (C=O) groups is 2. The Morgan fingerprint density at radius 3 is 2.39 bits per heavy atom. The lowest BCUT2D eigenvalue weighted by molar-refractivity contribution is -0.141. The van der Waals surface area contributed by atoms with Gasteiger partial charge in [0, 0.05) is 6.42 Å². The van der Waals surface area contributed by atoms with Gasteiger partial charge >= 0.3 is 5.97 Å². The minimum atomic E-state index is -1.16. The molecule has 18 heavy (non-hydrogen) atoms. The van der Waals surface area contributed by atoms with Gasteiger partial charge in [0.2, 0.25) is 5.91 Å². The van der Waals surface area contributed by atoms with Crippen LogP contribution in [0.3, 0.4) is 0 Å². The molecule has 5 nitrogen and oxygen atoms in total. The highest BCUT2D eigenvalue weighted by molar-refractivity contribution is 5.86. The van der Waals surface area contributed by atoms with Gasteiger partial charge in [-0.2, -0.15) is 0 Å². The van der Waals surface area contributed by atoms with Gasteiger partial charge in [-0.05, 0) is 24.6 Å². The zero-order valence-corrected chi connectivity index (χ0v) is 9.89. The lowest BCUT2D eigenvalue weighted by Crippen LogP contribution is -2.48. The van der Waals surface area contributed by atoms with Gasteiger partial charge in [0.25, 0.3) is 0 Å². The topological polar surface area (TPSA) is 92.4 Å². The number of halogens is 1. The SMILES string of the molecule is C[C@@H](N)C(=O)N[C@@H](Cc1ccc(F)cc1)C(=O)O. The molecule has 0 radical (unpaired) electrons. The van der Waals surface area contributed by atoms with E-state index in [1.165, 1.54) is 31.2 Å². The summed E-state index contributed by atoms with van der Waals surface area (Å²) in [4.78, 5) is 22.3. The van der Waals surface area contributed by atoms with Crippen LogP contribution in [0.2, 0.25) is 0 Å². The molecule has 0 aliphatic heterocycles. The first-order valence-electron chi connectivity index (χ1n) is 5.43. The van der Waals surface area contributed by atoms with Crippen molar-refractivity contribution in [3.05, 3.63) is 35.6 Å². The van der Waals surface area contributed by atoms with Gasteiger partial charge in [-0.3, -0.25) is 4.79 Å². The van der Waals surface area contributed by atoms with Crippen molar-refractivity contribution in [1.82, 2.24) is 5.32 Å². The molecule has 1 rings (SSSR count).